The van der Waals surface area contributed by atoms with Gasteiger partial charge < -0.3 is 9.84 Å². The molecule has 0 amide bonds. The fraction of sp³-hybridized carbons (Fsp3) is 0.389. The molecule has 2 heterocycles. The zero-order chi connectivity index (χ0) is 18.3. The normalized spacial score (nSPS) is 12.4. The van der Waals surface area contributed by atoms with Gasteiger partial charge in [0.25, 0.3) is 0 Å². The second-order valence-electron chi connectivity index (χ2n) is 5.68. The van der Waals surface area contributed by atoms with Crippen LogP contribution in [0.1, 0.15) is 44.1 Å². The van der Waals surface area contributed by atoms with E-state index in [-0.39, 0.29) is 12.8 Å². The predicted octanol–water partition coefficient (Wildman–Crippen LogP) is 2.59. The number of nitrogens with zero attached hydrogens (tertiary/aromatic N) is 3. The molecule has 1 atom stereocenters. The van der Waals surface area contributed by atoms with E-state index in [4.69, 9.17) is 4.74 Å². The summed E-state index contributed by atoms with van der Waals surface area (Å²) in [6.45, 7) is 3.34. The summed E-state index contributed by atoms with van der Waals surface area (Å²) in [5, 5.41) is 9.53. The third-order valence-electron chi connectivity index (χ3n) is 4.36. The van der Waals surface area contributed by atoms with Crippen LogP contribution in [0.5, 0.6) is 0 Å². The molecule has 0 saturated carbocycles. The maximum absolute atomic E-state index is 12.7. The van der Waals surface area contributed by atoms with Gasteiger partial charge in [0.05, 0.1) is 5.69 Å². The number of hydrogen-bond acceptors (Lipinski definition) is 6. The molecule has 1 unspecified atom stereocenters. The van der Waals surface area contributed by atoms with E-state index in [2.05, 4.69) is 15.0 Å². The van der Waals surface area contributed by atoms with E-state index in [0.29, 0.717) is 12.1 Å². The van der Waals surface area contributed by atoms with E-state index in [9.17, 15) is 14.7 Å². The minimum absolute atomic E-state index is 0.156. The lowest BCUT2D eigenvalue weighted by molar-refractivity contribution is -0.173. The number of carbonyl (C=O) groups is 2. The Morgan fingerprint density at radius 3 is 2.28 bits per heavy atom. The molecule has 0 fully saturated rings. The molecule has 0 spiro atoms. The molecule has 0 bridgehead atoms. The summed E-state index contributed by atoms with van der Waals surface area (Å²) in [5.41, 5.74) is -0.129. The van der Waals surface area contributed by atoms with Crippen LogP contribution in [0.15, 0.2) is 43.1 Å². The van der Waals surface area contributed by atoms with Gasteiger partial charge in [-0.05, 0) is 36.6 Å². The molecule has 0 aromatic carbocycles. The Labute approximate surface area is 146 Å². The fourth-order valence-corrected chi connectivity index (χ4v) is 2.60. The molecular formula is C18H21N3O4. The van der Waals surface area contributed by atoms with Crippen LogP contribution in [0.3, 0.4) is 0 Å². The minimum atomic E-state index is -1.55. The molecule has 1 N–H and O–H groups in total. The molecule has 25 heavy (non-hydrogen) atoms. The molecule has 2 rings (SSSR count). The van der Waals surface area contributed by atoms with E-state index in [1.807, 2.05) is 12.1 Å². The number of ether oxygens (including phenoxy) is 1. The van der Waals surface area contributed by atoms with Gasteiger partial charge in [-0.2, -0.15) is 0 Å². The smallest absolute Gasteiger partial charge is 0.324 e. The second-order valence-corrected chi connectivity index (χ2v) is 5.68. The largest absolute Gasteiger partial charge is 0.480 e. The van der Waals surface area contributed by atoms with E-state index in [1.165, 1.54) is 6.33 Å². The number of esters is 1. The highest BCUT2D eigenvalue weighted by Crippen LogP contribution is 2.32. The van der Waals surface area contributed by atoms with Crippen LogP contribution in [0, 0.1) is 5.41 Å². The molecule has 2 aromatic heterocycles. The van der Waals surface area contributed by atoms with Gasteiger partial charge in [-0.25, -0.2) is 9.97 Å². The van der Waals surface area contributed by atoms with Gasteiger partial charge in [-0.3, -0.25) is 14.6 Å². The number of carboxylic acid groups (broad SMARTS) is 1. The van der Waals surface area contributed by atoms with E-state index >= 15 is 0 Å². The first-order valence-corrected chi connectivity index (χ1v) is 8.12. The first-order chi connectivity index (χ1) is 12.0. The van der Waals surface area contributed by atoms with Crippen LogP contribution in [0.25, 0.3) is 0 Å². The average Bonchev–Trinajstić information content (AvgIpc) is 2.64. The predicted molar refractivity (Wildman–Crippen MR) is 89.5 cm³/mol. The van der Waals surface area contributed by atoms with Crippen molar-refractivity contribution in [2.75, 3.05) is 0 Å². The zero-order valence-electron chi connectivity index (χ0n) is 14.3. The summed E-state index contributed by atoms with van der Waals surface area (Å²) < 4.78 is 5.62. The molecule has 7 heteroatoms. The molecule has 0 radical (unpaired) electrons. The number of hydrogen-bond donors (Lipinski definition) is 1. The number of carboxylic acids is 1. The van der Waals surface area contributed by atoms with Crippen LogP contribution in [-0.2, 0) is 20.7 Å². The fourth-order valence-electron chi connectivity index (χ4n) is 2.60. The first-order valence-electron chi connectivity index (χ1n) is 8.12. The van der Waals surface area contributed by atoms with Gasteiger partial charge in [0.1, 0.15) is 12.4 Å². The van der Waals surface area contributed by atoms with Crippen molar-refractivity contribution >= 4 is 11.9 Å². The van der Waals surface area contributed by atoms with Crippen molar-refractivity contribution in [3.8, 4) is 0 Å². The number of aromatic nitrogens is 3. The van der Waals surface area contributed by atoms with Gasteiger partial charge in [-0.15, -0.1) is 0 Å². The molecule has 132 valence electrons. The molecule has 0 aliphatic rings. The third kappa shape index (κ3) is 4.17. The van der Waals surface area contributed by atoms with Gasteiger partial charge in [0.15, 0.2) is 5.41 Å². The highest BCUT2D eigenvalue weighted by Gasteiger charge is 2.45. The Kier molecular flexibility index (Phi) is 6.16. The van der Waals surface area contributed by atoms with E-state index in [1.54, 1.807) is 38.5 Å². The average molecular weight is 343 g/mol. The van der Waals surface area contributed by atoms with E-state index in [0.717, 1.165) is 5.56 Å². The molecule has 0 saturated heterocycles. The SMILES string of the molecule is CCC(CC)(C(=O)O)C(=O)OC(Cc1ccncc1)c1ccncn1. The Hall–Kier alpha value is -2.83. The standard InChI is InChI=1S/C18H21N3O4/c1-3-18(4-2,16(22)23)17(24)25-15(14-7-10-20-12-21-14)11-13-5-8-19-9-6-13/h5-10,12,15H,3-4,11H2,1-2H3,(H,22,23). The van der Waals surface area contributed by atoms with Crippen LogP contribution in [-0.4, -0.2) is 32.0 Å². The second kappa shape index (κ2) is 8.32. The van der Waals surface area contributed by atoms with Crippen LogP contribution in [0.2, 0.25) is 0 Å². The maximum Gasteiger partial charge on any atom is 0.324 e. The number of rotatable bonds is 8. The summed E-state index contributed by atoms with van der Waals surface area (Å²) in [4.78, 5) is 36.3. The van der Waals surface area contributed by atoms with Crippen molar-refractivity contribution in [2.24, 2.45) is 5.41 Å². The molecule has 7 nitrogen and oxygen atoms in total. The first kappa shape index (κ1) is 18.5. The quantitative estimate of drug-likeness (QED) is 0.580. The molecule has 2 aromatic rings. The molecule has 0 aliphatic carbocycles. The number of aliphatic carboxylic acids is 1. The van der Waals surface area contributed by atoms with Gasteiger partial charge in [-0.1, -0.05) is 13.8 Å². The summed E-state index contributed by atoms with van der Waals surface area (Å²) >= 11 is 0. The zero-order valence-corrected chi connectivity index (χ0v) is 14.3. The third-order valence-corrected chi connectivity index (χ3v) is 4.36. The Morgan fingerprint density at radius 2 is 1.76 bits per heavy atom. The highest BCUT2D eigenvalue weighted by atomic mass is 16.5. The lowest BCUT2D eigenvalue weighted by Crippen LogP contribution is -2.40. The summed E-state index contributed by atoms with van der Waals surface area (Å²) in [7, 11) is 0. The van der Waals surface area contributed by atoms with Crippen molar-refractivity contribution in [1.29, 1.82) is 0 Å². The lowest BCUT2D eigenvalue weighted by Gasteiger charge is -2.27. The van der Waals surface area contributed by atoms with Gasteiger partial charge >= 0.3 is 11.9 Å². The molecular weight excluding hydrogens is 322 g/mol. The lowest BCUT2D eigenvalue weighted by atomic mass is 9.82. The Bertz CT molecular complexity index is 703. The van der Waals surface area contributed by atoms with Gasteiger partial charge in [0, 0.05) is 25.0 Å². The minimum Gasteiger partial charge on any atom is -0.480 e. The Balaban J connectivity index is 2.30. The summed E-state index contributed by atoms with van der Waals surface area (Å²) in [6, 6.07) is 5.28. The van der Waals surface area contributed by atoms with Crippen molar-refractivity contribution in [3.63, 3.8) is 0 Å². The summed E-state index contributed by atoms with van der Waals surface area (Å²) in [5.74, 6) is -1.92. The van der Waals surface area contributed by atoms with Crippen molar-refractivity contribution in [1.82, 2.24) is 15.0 Å². The number of carbonyl (C=O) groups excluding carboxylic acids is 1. The summed E-state index contributed by atoms with van der Waals surface area (Å²) in [6.07, 6.45) is 6.20. The van der Waals surface area contributed by atoms with Crippen molar-refractivity contribution in [3.05, 3.63) is 54.4 Å². The van der Waals surface area contributed by atoms with Crippen LogP contribution in [0.4, 0.5) is 0 Å². The monoisotopic (exact) mass is 343 g/mol. The highest BCUT2D eigenvalue weighted by molar-refractivity contribution is 5.99. The maximum atomic E-state index is 12.7. The van der Waals surface area contributed by atoms with Crippen LogP contribution >= 0.6 is 0 Å². The Morgan fingerprint density at radius 1 is 1.12 bits per heavy atom. The van der Waals surface area contributed by atoms with Crippen molar-refractivity contribution < 1.29 is 19.4 Å². The number of pyridine rings is 1. The van der Waals surface area contributed by atoms with Crippen LogP contribution < -0.4 is 0 Å². The molecule has 0 aliphatic heterocycles. The topological polar surface area (TPSA) is 102 Å². The van der Waals surface area contributed by atoms with Crippen molar-refractivity contribution in [2.45, 2.75) is 39.2 Å². The van der Waals surface area contributed by atoms with E-state index < -0.39 is 23.5 Å². The van der Waals surface area contributed by atoms with Gasteiger partial charge in [0.2, 0.25) is 0 Å².